The van der Waals surface area contributed by atoms with E-state index < -0.39 is 5.60 Å². The molecule has 1 aliphatic heterocycles. The number of amides is 1. The standard InChI is InChI=1S/C14H16N2O3/c1-14(18)6-7-16(10-14)13(17)9-19-12-5-3-2-4-11(12)8-15/h2-5,18H,6-7,9-10H2,1H3. The number of carbonyl (C=O) groups excluding carboxylic acids is 1. The van der Waals surface area contributed by atoms with Crippen molar-refractivity contribution in [3.05, 3.63) is 29.8 Å². The van der Waals surface area contributed by atoms with E-state index in [0.29, 0.717) is 30.8 Å². The summed E-state index contributed by atoms with van der Waals surface area (Å²) in [5.74, 6) is 0.231. The number of hydrogen-bond acceptors (Lipinski definition) is 4. The van der Waals surface area contributed by atoms with Crippen LogP contribution in [0.2, 0.25) is 0 Å². The smallest absolute Gasteiger partial charge is 0.260 e. The molecule has 1 N–H and O–H groups in total. The Morgan fingerprint density at radius 3 is 2.95 bits per heavy atom. The van der Waals surface area contributed by atoms with Crippen molar-refractivity contribution >= 4 is 5.91 Å². The van der Waals surface area contributed by atoms with E-state index in [1.54, 1.807) is 36.1 Å². The summed E-state index contributed by atoms with van der Waals surface area (Å²) in [5.41, 5.74) is -0.399. The highest BCUT2D eigenvalue weighted by Crippen LogP contribution is 2.21. The van der Waals surface area contributed by atoms with Gasteiger partial charge in [-0.05, 0) is 25.5 Å². The second-order valence-electron chi connectivity index (χ2n) is 4.96. The fourth-order valence-electron chi connectivity index (χ4n) is 2.07. The van der Waals surface area contributed by atoms with E-state index in [4.69, 9.17) is 10.00 Å². The minimum absolute atomic E-state index is 0.116. The second-order valence-corrected chi connectivity index (χ2v) is 4.96. The lowest BCUT2D eigenvalue weighted by atomic mass is 10.1. The number of hydrogen-bond donors (Lipinski definition) is 1. The molecule has 1 atom stereocenters. The van der Waals surface area contributed by atoms with Crippen molar-refractivity contribution in [2.45, 2.75) is 18.9 Å². The average Bonchev–Trinajstić information content (AvgIpc) is 2.76. The molecule has 5 nitrogen and oxygen atoms in total. The van der Waals surface area contributed by atoms with Crippen LogP contribution in [-0.4, -0.2) is 41.2 Å². The van der Waals surface area contributed by atoms with Crippen LogP contribution >= 0.6 is 0 Å². The Labute approximate surface area is 112 Å². The summed E-state index contributed by atoms with van der Waals surface area (Å²) in [4.78, 5) is 13.5. The van der Waals surface area contributed by atoms with Crippen molar-refractivity contribution in [2.75, 3.05) is 19.7 Å². The van der Waals surface area contributed by atoms with E-state index >= 15 is 0 Å². The summed E-state index contributed by atoms with van der Waals surface area (Å²) in [5, 5.41) is 18.7. The van der Waals surface area contributed by atoms with Crippen LogP contribution in [0, 0.1) is 11.3 Å². The van der Waals surface area contributed by atoms with Gasteiger partial charge in [0.05, 0.1) is 11.2 Å². The highest BCUT2D eigenvalue weighted by molar-refractivity contribution is 5.78. The molecule has 1 unspecified atom stereocenters. The number of ether oxygens (including phenoxy) is 1. The van der Waals surface area contributed by atoms with Crippen LogP contribution in [0.4, 0.5) is 0 Å². The first-order valence-electron chi connectivity index (χ1n) is 6.14. The van der Waals surface area contributed by atoms with E-state index in [1.807, 2.05) is 6.07 Å². The van der Waals surface area contributed by atoms with Crippen molar-refractivity contribution in [2.24, 2.45) is 0 Å². The predicted octanol–water partition coefficient (Wildman–Crippen LogP) is 0.920. The van der Waals surface area contributed by atoms with Crippen LogP contribution in [0.25, 0.3) is 0 Å². The molecule has 1 saturated heterocycles. The first-order chi connectivity index (χ1) is 9.02. The number of rotatable bonds is 3. The van der Waals surface area contributed by atoms with Gasteiger partial charge in [-0.3, -0.25) is 4.79 Å². The summed E-state index contributed by atoms with van der Waals surface area (Å²) in [7, 11) is 0. The maximum absolute atomic E-state index is 11.9. The zero-order valence-corrected chi connectivity index (χ0v) is 10.8. The Morgan fingerprint density at radius 2 is 2.32 bits per heavy atom. The van der Waals surface area contributed by atoms with Crippen LogP contribution in [0.3, 0.4) is 0 Å². The quantitative estimate of drug-likeness (QED) is 0.877. The van der Waals surface area contributed by atoms with Crippen LogP contribution in [0.1, 0.15) is 18.9 Å². The third kappa shape index (κ3) is 3.24. The topological polar surface area (TPSA) is 73.6 Å². The summed E-state index contributed by atoms with van der Waals surface area (Å²) in [6, 6.07) is 8.80. The van der Waals surface area contributed by atoms with Gasteiger partial charge in [0.15, 0.2) is 6.61 Å². The van der Waals surface area contributed by atoms with Crippen molar-refractivity contribution in [1.82, 2.24) is 4.90 Å². The Morgan fingerprint density at radius 1 is 1.58 bits per heavy atom. The highest BCUT2D eigenvalue weighted by atomic mass is 16.5. The van der Waals surface area contributed by atoms with Gasteiger partial charge in [0.2, 0.25) is 0 Å². The Balaban J connectivity index is 1.93. The number of β-amino-alcohol motifs (C(OH)–C–C–N with tert-alkyl or cyclic N) is 1. The summed E-state index contributed by atoms with van der Waals surface area (Å²) in [6.45, 7) is 2.46. The highest BCUT2D eigenvalue weighted by Gasteiger charge is 2.33. The van der Waals surface area contributed by atoms with Crippen molar-refractivity contribution < 1.29 is 14.6 Å². The minimum atomic E-state index is -0.805. The Kier molecular flexibility index (Phi) is 3.72. The number of aliphatic hydroxyl groups is 1. The average molecular weight is 260 g/mol. The minimum Gasteiger partial charge on any atom is -0.482 e. The van der Waals surface area contributed by atoms with E-state index in [2.05, 4.69) is 0 Å². The third-order valence-electron chi connectivity index (χ3n) is 3.16. The first-order valence-corrected chi connectivity index (χ1v) is 6.14. The molecule has 5 heteroatoms. The molecular weight excluding hydrogens is 244 g/mol. The maximum Gasteiger partial charge on any atom is 0.260 e. The molecule has 100 valence electrons. The largest absolute Gasteiger partial charge is 0.482 e. The molecule has 2 rings (SSSR count). The first kappa shape index (κ1) is 13.4. The summed E-state index contributed by atoms with van der Waals surface area (Å²) >= 11 is 0. The van der Waals surface area contributed by atoms with Crippen LogP contribution in [0.15, 0.2) is 24.3 Å². The SMILES string of the molecule is CC1(O)CCN(C(=O)COc2ccccc2C#N)C1. The van der Waals surface area contributed by atoms with E-state index in [-0.39, 0.29) is 12.5 Å². The van der Waals surface area contributed by atoms with E-state index in [0.717, 1.165) is 0 Å². The molecule has 0 spiro atoms. The number of nitriles is 1. The predicted molar refractivity (Wildman–Crippen MR) is 68.5 cm³/mol. The summed E-state index contributed by atoms with van der Waals surface area (Å²) < 4.78 is 5.38. The van der Waals surface area contributed by atoms with Gasteiger partial charge in [0.25, 0.3) is 5.91 Å². The number of likely N-dealkylation sites (tertiary alicyclic amines) is 1. The molecule has 0 bridgehead atoms. The van der Waals surface area contributed by atoms with Gasteiger partial charge in [-0.1, -0.05) is 12.1 Å². The molecule has 1 aromatic carbocycles. The lowest BCUT2D eigenvalue weighted by Gasteiger charge is -2.19. The molecule has 1 heterocycles. The molecule has 0 aromatic heterocycles. The van der Waals surface area contributed by atoms with Gasteiger partial charge >= 0.3 is 0 Å². The van der Waals surface area contributed by atoms with Crippen LogP contribution in [0.5, 0.6) is 5.75 Å². The molecule has 1 fully saturated rings. The number of benzene rings is 1. The van der Waals surface area contributed by atoms with Gasteiger partial charge in [-0.2, -0.15) is 5.26 Å². The fraction of sp³-hybridized carbons (Fsp3) is 0.429. The van der Waals surface area contributed by atoms with Gasteiger partial charge in [-0.25, -0.2) is 0 Å². The molecule has 19 heavy (non-hydrogen) atoms. The Bertz CT molecular complexity index is 520. The molecule has 1 aliphatic rings. The summed E-state index contributed by atoms with van der Waals surface area (Å²) in [6.07, 6.45) is 0.577. The number of carbonyl (C=O) groups is 1. The molecule has 0 radical (unpaired) electrons. The van der Waals surface area contributed by atoms with Crippen molar-refractivity contribution in [3.63, 3.8) is 0 Å². The molecule has 0 aliphatic carbocycles. The zero-order chi connectivity index (χ0) is 13.9. The molecular formula is C14H16N2O3. The molecule has 0 saturated carbocycles. The van der Waals surface area contributed by atoms with Crippen LogP contribution in [-0.2, 0) is 4.79 Å². The normalized spacial score (nSPS) is 22.1. The van der Waals surface area contributed by atoms with Crippen molar-refractivity contribution in [3.8, 4) is 11.8 Å². The second kappa shape index (κ2) is 5.29. The lowest BCUT2D eigenvalue weighted by Crippen LogP contribution is -2.36. The van der Waals surface area contributed by atoms with E-state index in [1.165, 1.54) is 0 Å². The van der Waals surface area contributed by atoms with E-state index in [9.17, 15) is 9.90 Å². The lowest BCUT2D eigenvalue weighted by molar-refractivity contribution is -0.133. The van der Waals surface area contributed by atoms with Gasteiger partial charge in [0.1, 0.15) is 11.8 Å². The fourth-order valence-corrected chi connectivity index (χ4v) is 2.07. The van der Waals surface area contributed by atoms with Gasteiger partial charge in [-0.15, -0.1) is 0 Å². The monoisotopic (exact) mass is 260 g/mol. The molecule has 1 amide bonds. The Hall–Kier alpha value is -2.06. The molecule has 1 aromatic rings. The number of nitrogens with zero attached hydrogens (tertiary/aromatic N) is 2. The van der Waals surface area contributed by atoms with Gasteiger partial charge < -0.3 is 14.7 Å². The third-order valence-corrected chi connectivity index (χ3v) is 3.16. The maximum atomic E-state index is 11.9. The van der Waals surface area contributed by atoms with Crippen LogP contribution < -0.4 is 4.74 Å². The van der Waals surface area contributed by atoms with Crippen molar-refractivity contribution in [1.29, 1.82) is 5.26 Å². The zero-order valence-electron chi connectivity index (χ0n) is 10.8. The van der Waals surface area contributed by atoms with Gasteiger partial charge in [0, 0.05) is 13.1 Å². The number of para-hydroxylation sites is 1.